The Labute approximate surface area is 114 Å². The monoisotopic (exact) mass is 311 g/mol. The second kappa shape index (κ2) is 5.52. The maximum atomic E-state index is 13.1. The molecule has 0 aliphatic rings. The third kappa shape index (κ3) is 2.90. The van der Waals surface area contributed by atoms with Crippen molar-refractivity contribution in [2.75, 3.05) is 5.32 Å². The normalized spacial score (nSPS) is 10.7. The van der Waals surface area contributed by atoms with Crippen LogP contribution < -0.4 is 5.32 Å². The van der Waals surface area contributed by atoms with Crippen LogP contribution in [0.5, 0.6) is 0 Å². The van der Waals surface area contributed by atoms with Gasteiger partial charge in [0.1, 0.15) is 5.82 Å². The number of aryl methyl sites for hydroxylation is 2. The van der Waals surface area contributed by atoms with Gasteiger partial charge in [-0.15, -0.1) is 0 Å². The number of halogens is 2. The van der Waals surface area contributed by atoms with Crippen LogP contribution in [0, 0.1) is 12.7 Å². The summed E-state index contributed by atoms with van der Waals surface area (Å²) < 4.78 is 15.7. The van der Waals surface area contributed by atoms with Crippen molar-refractivity contribution in [2.24, 2.45) is 0 Å². The molecule has 1 N–H and O–H groups in total. The number of hydrogen-bond acceptors (Lipinski definition) is 2. The summed E-state index contributed by atoms with van der Waals surface area (Å²) >= 11 is 3.17. The first-order valence-electron chi connectivity index (χ1n) is 5.86. The van der Waals surface area contributed by atoms with Crippen molar-refractivity contribution in [3.05, 3.63) is 40.4 Å². The summed E-state index contributed by atoms with van der Waals surface area (Å²) in [6.45, 7) is 4.98. The zero-order valence-corrected chi connectivity index (χ0v) is 12.0. The quantitative estimate of drug-likeness (QED) is 0.915. The van der Waals surface area contributed by atoms with Crippen molar-refractivity contribution in [1.82, 2.24) is 9.55 Å². The summed E-state index contributed by atoms with van der Waals surface area (Å²) in [4.78, 5) is 4.42. The maximum Gasteiger partial charge on any atom is 0.207 e. The van der Waals surface area contributed by atoms with E-state index in [2.05, 4.69) is 37.7 Å². The second-order valence-electron chi connectivity index (χ2n) is 4.15. The molecule has 0 unspecified atom stereocenters. The number of nitrogens with zero attached hydrogens (tertiary/aromatic N) is 2. The lowest BCUT2D eigenvalue weighted by molar-refractivity contribution is 0.621. The Morgan fingerprint density at radius 3 is 2.89 bits per heavy atom. The van der Waals surface area contributed by atoms with Crippen LogP contribution in [0.3, 0.4) is 0 Å². The van der Waals surface area contributed by atoms with E-state index < -0.39 is 0 Å². The van der Waals surface area contributed by atoms with E-state index in [1.54, 1.807) is 12.1 Å². The number of rotatable bonds is 4. The molecule has 0 radical (unpaired) electrons. The van der Waals surface area contributed by atoms with Gasteiger partial charge in [-0.3, -0.25) is 0 Å². The van der Waals surface area contributed by atoms with Gasteiger partial charge in [0, 0.05) is 18.4 Å². The molecule has 1 aromatic heterocycles. The van der Waals surface area contributed by atoms with Crippen molar-refractivity contribution in [3.63, 3.8) is 0 Å². The molecule has 0 fully saturated rings. The number of hydrogen-bond donors (Lipinski definition) is 1. The van der Waals surface area contributed by atoms with Crippen molar-refractivity contribution in [1.29, 1.82) is 0 Å². The Morgan fingerprint density at radius 2 is 2.22 bits per heavy atom. The highest BCUT2D eigenvalue weighted by molar-refractivity contribution is 9.10. The van der Waals surface area contributed by atoms with Crippen molar-refractivity contribution in [3.8, 4) is 0 Å². The molecule has 0 aliphatic heterocycles. The fraction of sp³-hybridized carbons (Fsp3) is 0.308. The lowest BCUT2D eigenvalue weighted by Crippen LogP contribution is -2.02. The Balaban J connectivity index is 2.24. The van der Waals surface area contributed by atoms with Gasteiger partial charge in [-0.2, -0.15) is 0 Å². The molecule has 0 saturated carbocycles. The highest BCUT2D eigenvalue weighted by Gasteiger charge is 2.06. The van der Waals surface area contributed by atoms with E-state index in [1.807, 2.05) is 13.1 Å². The van der Waals surface area contributed by atoms with E-state index in [0.717, 1.165) is 30.3 Å². The molecule has 0 aliphatic carbocycles. The summed E-state index contributed by atoms with van der Waals surface area (Å²) in [5, 5.41) is 3.20. The minimum atomic E-state index is -0.270. The molecule has 0 atom stereocenters. The van der Waals surface area contributed by atoms with Gasteiger partial charge in [0.05, 0.1) is 10.2 Å². The molecule has 0 bridgehead atoms. The van der Waals surface area contributed by atoms with Crippen LogP contribution in [0.15, 0.2) is 28.9 Å². The van der Waals surface area contributed by atoms with Crippen LogP contribution >= 0.6 is 15.9 Å². The molecule has 0 spiro atoms. The third-order valence-corrected chi connectivity index (χ3v) is 3.14. The van der Waals surface area contributed by atoms with Crippen LogP contribution in [0.25, 0.3) is 0 Å². The van der Waals surface area contributed by atoms with E-state index >= 15 is 0 Å². The summed E-state index contributed by atoms with van der Waals surface area (Å²) in [6.07, 6.45) is 3.04. The van der Waals surface area contributed by atoms with Gasteiger partial charge in [-0.25, -0.2) is 9.37 Å². The number of imidazole rings is 1. The SMILES string of the molecule is CCCn1cc(C)nc1Nc1ccc(F)c(Br)c1. The number of benzene rings is 1. The lowest BCUT2D eigenvalue weighted by Gasteiger charge is -2.09. The summed E-state index contributed by atoms with van der Waals surface area (Å²) in [6, 6.07) is 4.82. The maximum absolute atomic E-state index is 13.1. The van der Waals surface area contributed by atoms with Gasteiger partial charge in [0.2, 0.25) is 5.95 Å². The van der Waals surface area contributed by atoms with Crippen LogP contribution in [0.2, 0.25) is 0 Å². The molecule has 5 heteroatoms. The van der Waals surface area contributed by atoms with E-state index in [4.69, 9.17) is 0 Å². The number of nitrogens with one attached hydrogen (secondary N) is 1. The first-order chi connectivity index (χ1) is 8.60. The van der Waals surface area contributed by atoms with Crippen LogP contribution in [0.1, 0.15) is 19.0 Å². The Bertz CT molecular complexity index is 551. The molecule has 0 saturated heterocycles. The Kier molecular flexibility index (Phi) is 4.01. The molecular formula is C13H15BrFN3. The summed E-state index contributed by atoms with van der Waals surface area (Å²) in [5.74, 6) is 0.515. The summed E-state index contributed by atoms with van der Waals surface area (Å²) in [5.41, 5.74) is 1.78. The minimum Gasteiger partial charge on any atom is -0.326 e. The molecule has 0 amide bonds. The van der Waals surface area contributed by atoms with Gasteiger partial charge in [-0.1, -0.05) is 6.92 Å². The van der Waals surface area contributed by atoms with Gasteiger partial charge in [0.25, 0.3) is 0 Å². The molecule has 3 nitrogen and oxygen atoms in total. The van der Waals surface area contributed by atoms with Crippen molar-refractivity contribution < 1.29 is 4.39 Å². The summed E-state index contributed by atoms with van der Waals surface area (Å²) in [7, 11) is 0. The molecule has 2 aromatic rings. The van der Waals surface area contributed by atoms with Crippen LogP contribution in [0.4, 0.5) is 16.0 Å². The fourth-order valence-corrected chi connectivity index (χ4v) is 2.14. The molecule has 2 rings (SSSR count). The molecular weight excluding hydrogens is 297 g/mol. The molecule has 1 heterocycles. The first kappa shape index (κ1) is 13.1. The second-order valence-corrected chi connectivity index (χ2v) is 5.01. The standard InChI is InChI=1S/C13H15BrFN3/c1-3-6-18-8-9(2)16-13(18)17-10-4-5-12(15)11(14)7-10/h4-5,7-8H,3,6H2,1-2H3,(H,16,17). The Morgan fingerprint density at radius 1 is 1.44 bits per heavy atom. The first-order valence-corrected chi connectivity index (χ1v) is 6.65. The van der Waals surface area contributed by atoms with Gasteiger partial charge in [0.15, 0.2) is 0 Å². The van der Waals surface area contributed by atoms with Gasteiger partial charge < -0.3 is 9.88 Å². The highest BCUT2D eigenvalue weighted by atomic mass is 79.9. The predicted octanol–water partition coefficient (Wildman–Crippen LogP) is 4.25. The predicted molar refractivity (Wildman–Crippen MR) is 74.6 cm³/mol. The van der Waals surface area contributed by atoms with E-state index in [1.165, 1.54) is 6.07 Å². The average Bonchev–Trinajstić information content (AvgIpc) is 2.65. The molecule has 18 heavy (non-hydrogen) atoms. The van der Waals surface area contributed by atoms with E-state index in [-0.39, 0.29) is 5.82 Å². The molecule has 1 aromatic carbocycles. The Hall–Kier alpha value is -1.36. The average molecular weight is 312 g/mol. The van der Waals surface area contributed by atoms with Crippen molar-refractivity contribution in [2.45, 2.75) is 26.8 Å². The number of anilines is 2. The van der Waals surface area contributed by atoms with E-state index in [9.17, 15) is 4.39 Å². The van der Waals surface area contributed by atoms with Gasteiger partial charge >= 0.3 is 0 Å². The van der Waals surface area contributed by atoms with Crippen LogP contribution in [-0.2, 0) is 6.54 Å². The lowest BCUT2D eigenvalue weighted by atomic mass is 10.3. The number of aromatic nitrogens is 2. The third-order valence-electron chi connectivity index (χ3n) is 2.54. The van der Waals surface area contributed by atoms with E-state index in [0.29, 0.717) is 4.47 Å². The highest BCUT2D eigenvalue weighted by Crippen LogP contribution is 2.23. The zero-order valence-electron chi connectivity index (χ0n) is 10.4. The topological polar surface area (TPSA) is 29.9 Å². The largest absolute Gasteiger partial charge is 0.326 e. The fourth-order valence-electron chi connectivity index (χ4n) is 1.76. The van der Waals surface area contributed by atoms with Crippen molar-refractivity contribution >= 4 is 27.6 Å². The smallest absolute Gasteiger partial charge is 0.207 e. The minimum absolute atomic E-state index is 0.270. The zero-order chi connectivity index (χ0) is 13.1. The van der Waals surface area contributed by atoms with Crippen LogP contribution in [-0.4, -0.2) is 9.55 Å². The van der Waals surface area contributed by atoms with Gasteiger partial charge in [-0.05, 0) is 47.5 Å². The molecule has 96 valence electrons.